The molecule has 0 amide bonds. The van der Waals surface area contributed by atoms with Gasteiger partial charge in [-0.2, -0.15) is 0 Å². The van der Waals surface area contributed by atoms with Gasteiger partial charge in [0.05, 0.1) is 10.7 Å². The van der Waals surface area contributed by atoms with Gasteiger partial charge >= 0.3 is 0 Å². The SMILES string of the molecule is Cc1nnc2n1C1=C(C(c3ccc(Cl)cc3)=NC2CNCCCc2ncc[nH]2)C(C)(C)C(C)S1. The summed E-state index contributed by atoms with van der Waals surface area (Å²) >= 11 is 8.11. The van der Waals surface area contributed by atoms with E-state index in [0.717, 1.165) is 53.2 Å². The maximum atomic E-state index is 6.22. The van der Waals surface area contributed by atoms with E-state index in [-0.39, 0.29) is 11.5 Å². The van der Waals surface area contributed by atoms with Crippen LogP contribution in [0, 0.1) is 12.3 Å². The van der Waals surface area contributed by atoms with Crippen LogP contribution in [0.5, 0.6) is 0 Å². The number of halogens is 1. The largest absolute Gasteiger partial charge is 0.349 e. The molecule has 2 atom stereocenters. The second-order valence-electron chi connectivity index (χ2n) is 9.45. The quantitative estimate of drug-likeness (QED) is 0.447. The van der Waals surface area contributed by atoms with Crippen molar-refractivity contribution in [2.24, 2.45) is 10.4 Å². The van der Waals surface area contributed by atoms with Crippen LogP contribution in [0.2, 0.25) is 5.02 Å². The van der Waals surface area contributed by atoms with Crippen LogP contribution < -0.4 is 5.32 Å². The summed E-state index contributed by atoms with van der Waals surface area (Å²) in [5.41, 5.74) is 3.31. The number of hydrogen-bond donors (Lipinski definition) is 2. The fraction of sp³-hybridized carbons (Fsp3) is 0.440. The third kappa shape index (κ3) is 4.23. The summed E-state index contributed by atoms with van der Waals surface area (Å²) in [4.78, 5) is 12.8. The molecule has 0 aliphatic carbocycles. The molecule has 2 aliphatic rings. The first-order valence-corrected chi connectivity index (χ1v) is 13.0. The zero-order valence-corrected chi connectivity index (χ0v) is 21.5. The number of allylic oxidation sites excluding steroid dienone is 1. The third-order valence-corrected chi connectivity index (χ3v) is 8.62. The summed E-state index contributed by atoms with van der Waals surface area (Å²) in [6.07, 6.45) is 5.57. The maximum Gasteiger partial charge on any atom is 0.164 e. The van der Waals surface area contributed by atoms with Crippen molar-refractivity contribution in [3.8, 4) is 0 Å². The molecule has 9 heteroatoms. The molecule has 178 valence electrons. The average Bonchev–Trinajstić information content (AvgIpc) is 3.48. The lowest BCUT2D eigenvalue weighted by molar-refractivity contribution is 0.469. The minimum Gasteiger partial charge on any atom is -0.349 e. The van der Waals surface area contributed by atoms with Crippen molar-refractivity contribution in [3.63, 3.8) is 0 Å². The lowest BCUT2D eigenvalue weighted by Gasteiger charge is -2.28. The average molecular weight is 496 g/mol. The first-order valence-electron chi connectivity index (χ1n) is 11.7. The van der Waals surface area contributed by atoms with Crippen LogP contribution in [0.3, 0.4) is 0 Å². The van der Waals surface area contributed by atoms with Gasteiger partial charge in [0.25, 0.3) is 0 Å². The van der Waals surface area contributed by atoms with Crippen LogP contribution in [-0.2, 0) is 6.42 Å². The van der Waals surface area contributed by atoms with E-state index in [2.05, 4.69) is 63.0 Å². The van der Waals surface area contributed by atoms with Gasteiger partial charge in [-0.15, -0.1) is 22.0 Å². The number of nitrogens with zero attached hydrogens (tertiary/aromatic N) is 5. The molecule has 0 radical (unpaired) electrons. The molecule has 1 aromatic carbocycles. The highest BCUT2D eigenvalue weighted by Gasteiger charge is 2.45. The number of imidazole rings is 1. The van der Waals surface area contributed by atoms with Crippen LogP contribution in [-0.4, -0.2) is 48.8 Å². The Bertz CT molecular complexity index is 1220. The van der Waals surface area contributed by atoms with Crippen LogP contribution in [0.25, 0.3) is 5.03 Å². The fourth-order valence-electron chi connectivity index (χ4n) is 4.56. The molecule has 7 nitrogen and oxygen atoms in total. The van der Waals surface area contributed by atoms with E-state index in [4.69, 9.17) is 16.6 Å². The molecule has 4 heterocycles. The highest BCUT2D eigenvalue weighted by molar-refractivity contribution is 8.08. The number of fused-ring (bicyclic) bond motifs is 2. The Labute approximate surface area is 209 Å². The summed E-state index contributed by atoms with van der Waals surface area (Å²) in [7, 11) is 0. The van der Waals surface area contributed by atoms with E-state index >= 15 is 0 Å². The van der Waals surface area contributed by atoms with E-state index in [1.165, 1.54) is 10.6 Å². The Kier molecular flexibility index (Phi) is 6.39. The lowest BCUT2D eigenvalue weighted by atomic mass is 9.78. The Morgan fingerprint density at radius 2 is 2.00 bits per heavy atom. The van der Waals surface area contributed by atoms with Crippen molar-refractivity contribution in [1.82, 2.24) is 30.0 Å². The summed E-state index contributed by atoms with van der Waals surface area (Å²) in [6.45, 7) is 10.5. The molecule has 0 fully saturated rings. The van der Waals surface area contributed by atoms with Crippen LogP contribution in [0.4, 0.5) is 0 Å². The summed E-state index contributed by atoms with van der Waals surface area (Å²) < 4.78 is 2.23. The minimum atomic E-state index is -0.146. The molecule has 3 aromatic rings. The maximum absolute atomic E-state index is 6.22. The number of thioether (sulfide) groups is 1. The van der Waals surface area contributed by atoms with Crippen molar-refractivity contribution in [3.05, 3.63) is 70.3 Å². The number of H-pyrrole nitrogens is 1. The summed E-state index contributed by atoms with van der Waals surface area (Å²) in [6, 6.07) is 7.88. The van der Waals surface area contributed by atoms with Crippen LogP contribution in [0.1, 0.15) is 56.3 Å². The highest BCUT2D eigenvalue weighted by Crippen LogP contribution is 2.55. The van der Waals surface area contributed by atoms with Gasteiger partial charge in [0.2, 0.25) is 0 Å². The molecule has 2 unspecified atom stereocenters. The van der Waals surface area contributed by atoms with Crippen molar-refractivity contribution < 1.29 is 0 Å². The number of nitrogens with one attached hydrogen (secondary N) is 2. The number of aromatic amines is 1. The van der Waals surface area contributed by atoms with Crippen molar-refractivity contribution in [2.75, 3.05) is 13.1 Å². The smallest absolute Gasteiger partial charge is 0.164 e. The Morgan fingerprint density at radius 1 is 1.21 bits per heavy atom. The summed E-state index contributed by atoms with van der Waals surface area (Å²) in [5.74, 6) is 2.81. The molecule has 2 N–H and O–H groups in total. The normalized spacial score (nSPS) is 21.3. The minimum absolute atomic E-state index is 0.0577. The van der Waals surface area contributed by atoms with E-state index in [1.54, 1.807) is 6.20 Å². The predicted molar refractivity (Wildman–Crippen MR) is 139 cm³/mol. The van der Waals surface area contributed by atoms with Gasteiger partial charge < -0.3 is 10.3 Å². The molecule has 0 saturated carbocycles. The second kappa shape index (κ2) is 9.32. The van der Waals surface area contributed by atoms with E-state index in [9.17, 15) is 0 Å². The van der Waals surface area contributed by atoms with Gasteiger partial charge in [0.1, 0.15) is 17.7 Å². The third-order valence-electron chi connectivity index (χ3n) is 6.81. The van der Waals surface area contributed by atoms with Gasteiger partial charge in [-0.1, -0.05) is 44.5 Å². The zero-order valence-electron chi connectivity index (χ0n) is 20.0. The zero-order chi connectivity index (χ0) is 23.9. The molecule has 5 rings (SSSR count). The number of hydrogen-bond acceptors (Lipinski definition) is 6. The van der Waals surface area contributed by atoms with E-state index in [1.807, 2.05) is 37.0 Å². The highest BCUT2D eigenvalue weighted by atomic mass is 35.5. The van der Waals surface area contributed by atoms with Gasteiger partial charge in [-0.3, -0.25) is 9.56 Å². The first-order chi connectivity index (χ1) is 16.4. The van der Waals surface area contributed by atoms with Crippen molar-refractivity contribution in [1.29, 1.82) is 0 Å². The molecule has 2 aliphatic heterocycles. The fourth-order valence-corrected chi connectivity index (χ4v) is 6.25. The topological polar surface area (TPSA) is 83.8 Å². The predicted octanol–water partition coefficient (Wildman–Crippen LogP) is 5.06. The molecule has 0 saturated heterocycles. The van der Waals surface area contributed by atoms with Gasteiger partial charge in [-0.05, 0) is 32.0 Å². The summed E-state index contributed by atoms with van der Waals surface area (Å²) in [5, 5.41) is 15.0. The lowest BCUT2D eigenvalue weighted by Crippen LogP contribution is -2.28. The second-order valence-corrected chi connectivity index (χ2v) is 11.2. The number of aromatic nitrogens is 5. The standard InChI is InChI=1S/C25H30ClN7S/c1-15-25(3,4)21-22(17-7-9-18(26)10-8-17)30-19(14-27-11-5-6-20-28-12-13-29-20)23-32-31-16(2)33(23)24(21)34-15/h7-10,12-13,15,19,27H,5-6,11,14H2,1-4H3,(H,28,29). The number of aliphatic imine (C=N–C) groups is 1. The Balaban J connectivity index is 1.49. The van der Waals surface area contributed by atoms with Crippen molar-refractivity contribution in [2.45, 2.75) is 51.8 Å². The molecule has 0 bridgehead atoms. The monoisotopic (exact) mass is 495 g/mol. The molecule has 0 spiro atoms. The number of aryl methyl sites for hydroxylation is 2. The van der Waals surface area contributed by atoms with Crippen molar-refractivity contribution >= 4 is 34.1 Å². The van der Waals surface area contributed by atoms with Crippen LogP contribution >= 0.6 is 23.4 Å². The van der Waals surface area contributed by atoms with Gasteiger partial charge in [0, 0.05) is 52.2 Å². The van der Waals surface area contributed by atoms with Crippen LogP contribution in [0.15, 0.2) is 47.2 Å². The Hall–Kier alpha value is -2.42. The van der Waals surface area contributed by atoms with E-state index in [0.29, 0.717) is 11.8 Å². The van der Waals surface area contributed by atoms with E-state index < -0.39 is 0 Å². The molecule has 34 heavy (non-hydrogen) atoms. The first kappa shape index (κ1) is 23.3. The number of benzene rings is 1. The van der Waals surface area contributed by atoms with Gasteiger partial charge in [-0.25, -0.2) is 4.98 Å². The number of rotatable bonds is 7. The van der Waals surface area contributed by atoms with Gasteiger partial charge in [0.15, 0.2) is 5.82 Å². The molecule has 2 aromatic heterocycles. The molecular weight excluding hydrogens is 466 g/mol. The molecular formula is C25H30ClN7S. The Morgan fingerprint density at radius 3 is 2.74 bits per heavy atom.